The molecule has 102 valence electrons. The largest absolute Gasteiger partial charge is 0.474 e. The predicted molar refractivity (Wildman–Crippen MR) is 74.3 cm³/mol. The quantitative estimate of drug-likeness (QED) is 0.844. The van der Waals surface area contributed by atoms with Crippen molar-refractivity contribution in [3.05, 3.63) is 5.56 Å². The van der Waals surface area contributed by atoms with Crippen molar-refractivity contribution in [2.24, 2.45) is 7.05 Å². The minimum atomic E-state index is 0.335. The van der Waals surface area contributed by atoms with Gasteiger partial charge in [-0.05, 0) is 25.7 Å². The minimum Gasteiger partial charge on any atom is -0.474 e. The summed E-state index contributed by atoms with van der Waals surface area (Å²) in [6.45, 7) is 5.45. The molecule has 1 aromatic rings. The summed E-state index contributed by atoms with van der Waals surface area (Å²) in [4.78, 5) is 0. The fraction of sp³-hybridized carbons (Fsp3) is 0.786. The van der Waals surface area contributed by atoms with Crippen LogP contribution in [0.1, 0.15) is 51.5 Å². The second kappa shape index (κ2) is 6.12. The Bertz CT molecular complexity index is 381. The number of aromatic nitrogens is 2. The van der Waals surface area contributed by atoms with Crippen molar-refractivity contribution in [3.8, 4) is 5.88 Å². The van der Waals surface area contributed by atoms with Gasteiger partial charge in [0, 0.05) is 13.6 Å². The van der Waals surface area contributed by atoms with E-state index >= 15 is 0 Å². The van der Waals surface area contributed by atoms with E-state index in [1.54, 1.807) is 0 Å². The maximum absolute atomic E-state index is 6.22. The van der Waals surface area contributed by atoms with Crippen LogP contribution >= 0.6 is 0 Å². The van der Waals surface area contributed by atoms with Crippen LogP contribution in [0.5, 0.6) is 5.88 Å². The van der Waals surface area contributed by atoms with Crippen LogP contribution in [0.4, 0.5) is 5.82 Å². The number of ether oxygens (including phenoxy) is 1. The molecule has 0 fully saturated rings. The smallest absolute Gasteiger partial charge is 0.217 e. The lowest BCUT2D eigenvalue weighted by atomic mass is 10.1. The third kappa shape index (κ3) is 2.79. The highest BCUT2D eigenvalue weighted by Crippen LogP contribution is 2.31. The summed E-state index contributed by atoms with van der Waals surface area (Å²) in [5, 5.41) is 7.85. The first-order valence-electron chi connectivity index (χ1n) is 7.22. The molecular formula is C14H25N3O. The Morgan fingerprint density at radius 3 is 2.72 bits per heavy atom. The van der Waals surface area contributed by atoms with E-state index in [-0.39, 0.29) is 0 Å². The molecule has 0 amide bonds. The molecule has 18 heavy (non-hydrogen) atoms. The Hall–Kier alpha value is -1.19. The van der Waals surface area contributed by atoms with Gasteiger partial charge in [-0.1, -0.05) is 26.7 Å². The SMILES string of the molecule is CCCC(CCC)Oc1c2c(nn1C)NCCC2. The molecule has 4 nitrogen and oxygen atoms in total. The molecule has 0 unspecified atom stereocenters. The van der Waals surface area contributed by atoms with Gasteiger partial charge in [0.15, 0.2) is 5.82 Å². The summed E-state index contributed by atoms with van der Waals surface area (Å²) in [5.74, 6) is 1.99. The number of hydrogen-bond acceptors (Lipinski definition) is 3. The van der Waals surface area contributed by atoms with Gasteiger partial charge in [-0.25, -0.2) is 4.68 Å². The molecule has 0 aliphatic carbocycles. The highest BCUT2D eigenvalue weighted by molar-refractivity contribution is 5.52. The highest BCUT2D eigenvalue weighted by atomic mass is 16.5. The molecule has 1 aromatic heterocycles. The van der Waals surface area contributed by atoms with Gasteiger partial charge in [-0.3, -0.25) is 0 Å². The van der Waals surface area contributed by atoms with Gasteiger partial charge in [0.05, 0.1) is 5.56 Å². The first-order valence-corrected chi connectivity index (χ1v) is 7.22. The predicted octanol–water partition coefficient (Wildman–Crippen LogP) is 3.13. The van der Waals surface area contributed by atoms with Gasteiger partial charge in [-0.15, -0.1) is 0 Å². The van der Waals surface area contributed by atoms with Crippen LogP contribution in [0.3, 0.4) is 0 Å². The molecule has 1 aliphatic rings. The third-order valence-corrected chi connectivity index (χ3v) is 3.48. The molecule has 0 spiro atoms. The van der Waals surface area contributed by atoms with Crippen LogP contribution in [0.25, 0.3) is 0 Å². The maximum Gasteiger partial charge on any atom is 0.217 e. The van der Waals surface area contributed by atoms with Crippen molar-refractivity contribution >= 4 is 5.82 Å². The summed E-state index contributed by atoms with van der Waals surface area (Å²) in [6, 6.07) is 0. The Balaban J connectivity index is 2.14. The number of aryl methyl sites for hydroxylation is 1. The van der Waals surface area contributed by atoms with E-state index in [9.17, 15) is 0 Å². The van der Waals surface area contributed by atoms with Crippen LogP contribution < -0.4 is 10.1 Å². The van der Waals surface area contributed by atoms with E-state index in [4.69, 9.17) is 4.74 Å². The Kier molecular flexibility index (Phi) is 4.50. The Morgan fingerprint density at radius 1 is 1.33 bits per heavy atom. The molecular weight excluding hydrogens is 226 g/mol. The molecule has 2 rings (SSSR count). The van der Waals surface area contributed by atoms with Crippen molar-refractivity contribution in [2.75, 3.05) is 11.9 Å². The fourth-order valence-corrected chi connectivity index (χ4v) is 2.60. The molecule has 1 N–H and O–H groups in total. The van der Waals surface area contributed by atoms with Crippen LogP contribution in [0, 0.1) is 0 Å². The van der Waals surface area contributed by atoms with Gasteiger partial charge >= 0.3 is 0 Å². The van der Waals surface area contributed by atoms with Crippen molar-refractivity contribution in [1.29, 1.82) is 0 Å². The van der Waals surface area contributed by atoms with Crippen molar-refractivity contribution in [1.82, 2.24) is 9.78 Å². The maximum atomic E-state index is 6.22. The zero-order chi connectivity index (χ0) is 13.0. The third-order valence-electron chi connectivity index (χ3n) is 3.48. The van der Waals surface area contributed by atoms with Crippen molar-refractivity contribution < 1.29 is 4.74 Å². The van der Waals surface area contributed by atoms with Gasteiger partial charge in [-0.2, -0.15) is 5.10 Å². The van der Waals surface area contributed by atoms with E-state index in [2.05, 4.69) is 24.3 Å². The molecule has 0 aromatic carbocycles. The lowest BCUT2D eigenvalue weighted by molar-refractivity contribution is 0.162. The zero-order valence-corrected chi connectivity index (χ0v) is 11.8. The van der Waals surface area contributed by atoms with Crippen LogP contribution in [0.2, 0.25) is 0 Å². The van der Waals surface area contributed by atoms with Crippen molar-refractivity contribution in [2.45, 2.75) is 58.5 Å². The van der Waals surface area contributed by atoms with Crippen LogP contribution in [-0.4, -0.2) is 22.4 Å². The summed E-state index contributed by atoms with van der Waals surface area (Å²) in [5.41, 5.74) is 1.26. The zero-order valence-electron chi connectivity index (χ0n) is 11.8. The molecule has 0 radical (unpaired) electrons. The van der Waals surface area contributed by atoms with E-state index in [1.165, 1.54) is 24.8 Å². The Labute approximate surface area is 110 Å². The first kappa shape index (κ1) is 13.2. The highest BCUT2D eigenvalue weighted by Gasteiger charge is 2.22. The first-order chi connectivity index (χ1) is 8.76. The normalized spacial score (nSPS) is 14.4. The standard InChI is InChI=1S/C14H25N3O/c1-4-7-11(8-5-2)18-14-12-9-6-10-15-13(12)16-17(14)3/h11H,4-10H2,1-3H3,(H,15,16). The minimum absolute atomic E-state index is 0.335. The number of nitrogens with one attached hydrogen (secondary N) is 1. The lowest BCUT2D eigenvalue weighted by Crippen LogP contribution is -2.19. The van der Waals surface area contributed by atoms with E-state index in [0.29, 0.717) is 6.10 Å². The summed E-state index contributed by atoms with van der Waals surface area (Å²) in [6.07, 6.45) is 7.17. The number of fused-ring (bicyclic) bond motifs is 1. The van der Waals surface area contributed by atoms with Crippen molar-refractivity contribution in [3.63, 3.8) is 0 Å². The van der Waals surface area contributed by atoms with Gasteiger partial charge in [0.1, 0.15) is 6.10 Å². The van der Waals surface area contributed by atoms with E-state index < -0.39 is 0 Å². The van der Waals surface area contributed by atoms with E-state index in [0.717, 1.165) is 37.5 Å². The average molecular weight is 251 g/mol. The fourth-order valence-electron chi connectivity index (χ4n) is 2.60. The molecule has 0 bridgehead atoms. The van der Waals surface area contributed by atoms with Crippen LogP contribution in [-0.2, 0) is 13.5 Å². The molecule has 0 atom stereocenters. The van der Waals surface area contributed by atoms with Gasteiger partial charge in [0.25, 0.3) is 0 Å². The van der Waals surface area contributed by atoms with Crippen LogP contribution in [0.15, 0.2) is 0 Å². The lowest BCUT2D eigenvalue weighted by Gasteiger charge is -2.20. The monoisotopic (exact) mass is 251 g/mol. The summed E-state index contributed by atoms with van der Waals surface area (Å²) in [7, 11) is 1.98. The average Bonchev–Trinajstić information content (AvgIpc) is 2.67. The van der Waals surface area contributed by atoms with Gasteiger partial charge < -0.3 is 10.1 Å². The Morgan fingerprint density at radius 2 is 2.06 bits per heavy atom. The molecule has 1 aliphatic heterocycles. The summed E-state index contributed by atoms with van der Waals surface area (Å²) >= 11 is 0. The molecule has 0 saturated heterocycles. The second-order valence-corrected chi connectivity index (χ2v) is 5.10. The number of rotatable bonds is 6. The number of nitrogens with zero attached hydrogens (tertiary/aromatic N) is 2. The topological polar surface area (TPSA) is 39.1 Å². The molecule has 4 heteroatoms. The van der Waals surface area contributed by atoms with Gasteiger partial charge in [0.2, 0.25) is 5.88 Å². The van der Waals surface area contributed by atoms with E-state index in [1.807, 2.05) is 11.7 Å². The molecule has 0 saturated carbocycles. The second-order valence-electron chi connectivity index (χ2n) is 5.10. The number of hydrogen-bond donors (Lipinski definition) is 1. The number of anilines is 1. The molecule has 2 heterocycles. The summed E-state index contributed by atoms with van der Waals surface area (Å²) < 4.78 is 8.12.